The maximum atomic E-state index is 5.36. The Kier molecular flexibility index (Phi) is 5.36. The Morgan fingerprint density at radius 1 is 1.47 bits per heavy atom. The van der Waals surface area contributed by atoms with Crippen LogP contribution in [0.25, 0.3) is 0 Å². The zero-order chi connectivity index (χ0) is 11.1. The Morgan fingerprint density at radius 3 is 2.93 bits per heavy atom. The number of unbranched alkanes of at least 4 members (excludes halogenated alkanes) is 1. The summed E-state index contributed by atoms with van der Waals surface area (Å²) in [6.07, 6.45) is 6.56. The molecule has 0 aliphatic heterocycles. The number of ether oxygens (including phenoxy) is 2. The molecule has 4 nitrogen and oxygen atoms in total. The molecular weight excluding hydrogens is 192 g/mol. The summed E-state index contributed by atoms with van der Waals surface area (Å²) in [4.78, 5) is 0. The van der Waals surface area contributed by atoms with Gasteiger partial charge >= 0.3 is 0 Å². The van der Waals surface area contributed by atoms with Crippen LogP contribution in [0.2, 0.25) is 0 Å². The second-order valence-corrected chi connectivity index (χ2v) is 3.63. The van der Waals surface area contributed by atoms with Crippen molar-refractivity contribution in [3.05, 3.63) is 18.2 Å². The van der Waals surface area contributed by atoms with E-state index in [0.29, 0.717) is 13.4 Å². The van der Waals surface area contributed by atoms with E-state index in [1.54, 1.807) is 7.11 Å². The SMILES string of the molecule is CCCCn1cc[n+](C)c1COCOC. The lowest BCUT2D eigenvalue weighted by Gasteiger charge is -2.03. The lowest BCUT2D eigenvalue weighted by molar-refractivity contribution is -0.681. The van der Waals surface area contributed by atoms with Gasteiger partial charge in [-0.2, -0.15) is 0 Å². The topological polar surface area (TPSA) is 27.3 Å². The van der Waals surface area contributed by atoms with E-state index in [2.05, 4.69) is 28.5 Å². The van der Waals surface area contributed by atoms with Crippen molar-refractivity contribution >= 4 is 0 Å². The minimum Gasteiger partial charge on any atom is -0.359 e. The van der Waals surface area contributed by atoms with E-state index in [4.69, 9.17) is 9.47 Å². The molecular formula is C11H21N2O2+. The van der Waals surface area contributed by atoms with Gasteiger partial charge in [-0.25, -0.2) is 9.13 Å². The summed E-state index contributed by atoms with van der Waals surface area (Å²) in [7, 11) is 3.67. The third-order valence-corrected chi connectivity index (χ3v) is 2.39. The first-order valence-corrected chi connectivity index (χ1v) is 5.40. The van der Waals surface area contributed by atoms with Gasteiger partial charge < -0.3 is 9.47 Å². The maximum Gasteiger partial charge on any atom is 0.282 e. The van der Waals surface area contributed by atoms with Gasteiger partial charge in [0.2, 0.25) is 0 Å². The average Bonchev–Trinajstić information content (AvgIpc) is 2.58. The number of aryl methyl sites for hydroxylation is 2. The van der Waals surface area contributed by atoms with E-state index in [0.717, 1.165) is 6.54 Å². The second-order valence-electron chi connectivity index (χ2n) is 3.63. The smallest absolute Gasteiger partial charge is 0.282 e. The number of rotatable bonds is 7. The first kappa shape index (κ1) is 12.2. The summed E-state index contributed by atoms with van der Waals surface area (Å²) in [5.41, 5.74) is 0. The molecule has 0 spiro atoms. The number of aromatic nitrogens is 2. The summed E-state index contributed by atoms with van der Waals surface area (Å²) in [6, 6.07) is 0. The molecule has 15 heavy (non-hydrogen) atoms. The Balaban J connectivity index is 2.54. The summed E-state index contributed by atoms with van der Waals surface area (Å²) in [5.74, 6) is 1.18. The quantitative estimate of drug-likeness (QED) is 0.387. The maximum absolute atomic E-state index is 5.36. The Labute approximate surface area is 91.4 Å². The van der Waals surface area contributed by atoms with Crippen molar-refractivity contribution in [1.29, 1.82) is 0 Å². The summed E-state index contributed by atoms with van der Waals surface area (Å²) < 4.78 is 14.5. The average molecular weight is 213 g/mol. The Hall–Kier alpha value is -0.870. The van der Waals surface area contributed by atoms with Crippen LogP contribution in [0.15, 0.2) is 12.4 Å². The first-order chi connectivity index (χ1) is 7.29. The van der Waals surface area contributed by atoms with Crippen molar-refractivity contribution in [2.24, 2.45) is 7.05 Å². The molecule has 0 N–H and O–H groups in total. The zero-order valence-electron chi connectivity index (χ0n) is 9.90. The van der Waals surface area contributed by atoms with Crippen molar-refractivity contribution < 1.29 is 14.0 Å². The van der Waals surface area contributed by atoms with E-state index in [9.17, 15) is 0 Å². The Bertz CT molecular complexity index is 284. The molecule has 0 fully saturated rings. The highest BCUT2D eigenvalue weighted by Crippen LogP contribution is 2.01. The van der Waals surface area contributed by atoms with Gasteiger partial charge in [-0.15, -0.1) is 0 Å². The van der Waals surface area contributed by atoms with E-state index in [1.165, 1.54) is 18.7 Å². The fourth-order valence-corrected chi connectivity index (χ4v) is 1.49. The van der Waals surface area contributed by atoms with Crippen molar-refractivity contribution in [2.75, 3.05) is 13.9 Å². The van der Waals surface area contributed by atoms with Crippen LogP contribution in [0.4, 0.5) is 0 Å². The largest absolute Gasteiger partial charge is 0.359 e. The molecule has 0 saturated heterocycles. The predicted molar refractivity (Wildman–Crippen MR) is 57.2 cm³/mol. The van der Waals surface area contributed by atoms with Crippen molar-refractivity contribution in [3.63, 3.8) is 0 Å². The number of hydrogen-bond acceptors (Lipinski definition) is 2. The summed E-state index contributed by atoms with van der Waals surface area (Å²) in [5, 5.41) is 0. The molecule has 0 aromatic carbocycles. The summed E-state index contributed by atoms with van der Waals surface area (Å²) >= 11 is 0. The van der Waals surface area contributed by atoms with Gasteiger partial charge in [-0.1, -0.05) is 13.3 Å². The fraction of sp³-hybridized carbons (Fsp3) is 0.727. The van der Waals surface area contributed by atoms with Gasteiger partial charge in [0.25, 0.3) is 5.82 Å². The van der Waals surface area contributed by atoms with Crippen molar-refractivity contribution in [1.82, 2.24) is 4.57 Å². The second kappa shape index (κ2) is 6.58. The van der Waals surface area contributed by atoms with Crippen LogP contribution in [-0.4, -0.2) is 18.5 Å². The summed E-state index contributed by atoms with van der Waals surface area (Å²) in [6.45, 7) is 4.20. The van der Waals surface area contributed by atoms with E-state index >= 15 is 0 Å². The number of nitrogens with zero attached hydrogens (tertiary/aromatic N) is 2. The molecule has 1 rings (SSSR count). The van der Waals surface area contributed by atoms with Crippen LogP contribution in [0.3, 0.4) is 0 Å². The van der Waals surface area contributed by atoms with E-state index < -0.39 is 0 Å². The molecule has 0 atom stereocenters. The van der Waals surface area contributed by atoms with Gasteiger partial charge in [0.05, 0.1) is 13.6 Å². The minimum atomic E-state index is 0.346. The molecule has 1 aromatic heterocycles. The normalized spacial score (nSPS) is 10.9. The third-order valence-electron chi connectivity index (χ3n) is 2.39. The van der Waals surface area contributed by atoms with Crippen LogP contribution in [-0.2, 0) is 29.7 Å². The molecule has 86 valence electrons. The van der Waals surface area contributed by atoms with Crippen molar-refractivity contribution in [3.8, 4) is 0 Å². The van der Waals surface area contributed by atoms with Crippen LogP contribution in [0, 0.1) is 0 Å². The van der Waals surface area contributed by atoms with Crippen LogP contribution >= 0.6 is 0 Å². The molecule has 0 aliphatic carbocycles. The molecule has 1 aromatic rings. The minimum absolute atomic E-state index is 0.346. The molecule has 0 unspecified atom stereocenters. The Morgan fingerprint density at radius 2 is 2.27 bits per heavy atom. The highest BCUT2D eigenvalue weighted by molar-refractivity contribution is 4.81. The van der Waals surface area contributed by atoms with Gasteiger partial charge in [0, 0.05) is 7.11 Å². The molecule has 0 aliphatic rings. The molecule has 0 saturated carbocycles. The van der Waals surface area contributed by atoms with Gasteiger partial charge in [-0.3, -0.25) is 0 Å². The number of methoxy groups -OCH3 is 1. The molecule has 0 bridgehead atoms. The standard InChI is InChI=1S/C11H21N2O2/c1-4-5-6-13-8-7-12(2)11(13)9-15-10-14-3/h7-8H,4-6,9-10H2,1-3H3/q+1. The van der Waals surface area contributed by atoms with Crippen LogP contribution in [0.5, 0.6) is 0 Å². The molecule has 0 radical (unpaired) electrons. The van der Waals surface area contributed by atoms with Gasteiger partial charge in [0.1, 0.15) is 19.2 Å². The fourth-order valence-electron chi connectivity index (χ4n) is 1.49. The van der Waals surface area contributed by atoms with E-state index in [1.807, 2.05) is 7.05 Å². The van der Waals surface area contributed by atoms with Crippen LogP contribution in [0.1, 0.15) is 25.6 Å². The highest BCUT2D eigenvalue weighted by atomic mass is 16.7. The van der Waals surface area contributed by atoms with Gasteiger partial charge in [-0.05, 0) is 6.42 Å². The number of hydrogen-bond donors (Lipinski definition) is 0. The predicted octanol–water partition coefficient (Wildman–Crippen LogP) is 1.23. The molecule has 1 heterocycles. The highest BCUT2D eigenvalue weighted by Gasteiger charge is 2.13. The van der Waals surface area contributed by atoms with Gasteiger partial charge in [0.15, 0.2) is 6.61 Å². The van der Waals surface area contributed by atoms with Crippen LogP contribution < -0.4 is 4.57 Å². The lowest BCUT2D eigenvalue weighted by atomic mass is 10.3. The lowest BCUT2D eigenvalue weighted by Crippen LogP contribution is -2.32. The molecule has 4 heteroatoms. The van der Waals surface area contributed by atoms with Crippen molar-refractivity contribution in [2.45, 2.75) is 32.9 Å². The zero-order valence-corrected chi connectivity index (χ0v) is 9.90. The third kappa shape index (κ3) is 3.64. The first-order valence-electron chi connectivity index (χ1n) is 5.40. The number of imidazole rings is 1. The monoisotopic (exact) mass is 213 g/mol. The van der Waals surface area contributed by atoms with E-state index in [-0.39, 0.29) is 0 Å². The molecule has 0 amide bonds.